The molecule has 0 heterocycles. The van der Waals surface area contributed by atoms with E-state index in [1.807, 2.05) is 24.3 Å². The Balaban J connectivity index is 0.000000483. The fourth-order valence-corrected chi connectivity index (χ4v) is 2.33. The number of hydrogen-bond acceptors (Lipinski definition) is 0. The van der Waals surface area contributed by atoms with Crippen LogP contribution in [-0.4, -0.2) is 42.3 Å². The molecule has 0 saturated heterocycles. The van der Waals surface area contributed by atoms with E-state index < -0.39 is 0 Å². The Morgan fingerprint density at radius 2 is 0.889 bits per heavy atom. The summed E-state index contributed by atoms with van der Waals surface area (Å²) in [5.41, 5.74) is 1.35. The first kappa shape index (κ1) is 25.5. The molecule has 140 valence electrons. The van der Waals surface area contributed by atoms with Gasteiger partial charge in [-0.2, -0.15) is 0 Å². The summed E-state index contributed by atoms with van der Waals surface area (Å²) in [5, 5.41) is 0. The van der Waals surface area contributed by atoms with Gasteiger partial charge in [0.1, 0.15) is 0 Å². The topological polar surface area (TPSA) is 85.6 Å². The van der Waals surface area contributed by atoms with Crippen LogP contribution in [0.1, 0.15) is 25.0 Å². The van der Waals surface area contributed by atoms with Crippen molar-refractivity contribution < 1.29 is 40.9 Å². The minimum absolute atomic E-state index is 0. The summed E-state index contributed by atoms with van der Waals surface area (Å²) in [6.07, 6.45) is 2.62. The van der Waals surface area contributed by atoms with Crippen molar-refractivity contribution in [1.29, 1.82) is 0 Å². The molecule has 27 heavy (non-hydrogen) atoms. The van der Waals surface area contributed by atoms with Gasteiger partial charge in [-0.3, -0.25) is 9.59 Å². The molecule has 2 aromatic rings. The Kier molecular flexibility index (Phi) is 12.1. The number of rotatable bonds is 6. The van der Waals surface area contributed by atoms with Crippen molar-refractivity contribution in [3.63, 3.8) is 0 Å². The molecule has 0 unspecified atom stereocenters. The molecule has 7 heteroatoms. The third-order valence-electron chi connectivity index (χ3n) is 2.97. The Morgan fingerprint density at radius 3 is 1.11 bits per heavy atom. The molecule has 4 N–H and O–H groups in total. The maximum atomic E-state index is 9.45. The van der Waals surface area contributed by atoms with E-state index in [0.29, 0.717) is 11.1 Å². The Morgan fingerprint density at radius 1 is 0.630 bits per heavy atom. The van der Waals surface area contributed by atoms with E-state index >= 15 is 0 Å². The van der Waals surface area contributed by atoms with Crippen molar-refractivity contribution in [2.75, 3.05) is 0 Å². The van der Waals surface area contributed by atoms with Crippen molar-refractivity contribution in [2.45, 2.75) is 13.8 Å². The first-order chi connectivity index (χ1) is 12.2. The predicted molar refractivity (Wildman–Crippen MR) is 114 cm³/mol. The van der Waals surface area contributed by atoms with E-state index in [9.17, 15) is 9.59 Å². The molecule has 0 atom stereocenters. The van der Waals surface area contributed by atoms with Crippen LogP contribution in [0.5, 0.6) is 0 Å². The van der Waals surface area contributed by atoms with Gasteiger partial charge in [0.2, 0.25) is 23.1 Å². The standard InChI is InChI=1S/2C10H8BrO2.Ti/c2*1-7(12)6-10(13)8-2-4-9(11)5-3-8;/h2*2-6H,1H3;/q2*-1;/p+4. The van der Waals surface area contributed by atoms with Gasteiger partial charge in [-0.1, -0.05) is 67.3 Å². The molecule has 0 saturated carbocycles. The Hall–Kier alpha value is -1.47. The summed E-state index contributed by atoms with van der Waals surface area (Å²) < 4.78 is 1.91. The zero-order chi connectivity index (χ0) is 19.7. The van der Waals surface area contributed by atoms with Gasteiger partial charge in [-0.05, 0) is 12.8 Å². The van der Waals surface area contributed by atoms with Crippen molar-refractivity contribution >= 4 is 55.0 Å². The number of halogens is 2. The van der Waals surface area contributed by atoms with E-state index in [0.717, 1.165) is 8.95 Å². The third-order valence-corrected chi connectivity index (χ3v) is 4.03. The second-order valence-corrected chi connectivity index (χ2v) is 7.19. The second kappa shape index (κ2) is 12.8. The molecule has 0 aromatic heterocycles. The fraction of sp³-hybridized carbons (Fsp3) is 0.100. The van der Waals surface area contributed by atoms with Gasteiger partial charge in [-0.15, -0.1) is 24.3 Å². The maximum Gasteiger partial charge on any atom is 0.247 e. The van der Waals surface area contributed by atoms with Crippen molar-refractivity contribution in [2.24, 2.45) is 0 Å². The fourth-order valence-electron chi connectivity index (χ4n) is 1.80. The first-order valence-corrected chi connectivity index (χ1v) is 9.16. The molecule has 0 aliphatic carbocycles. The molecular weight excluding hydrogens is 512 g/mol. The van der Waals surface area contributed by atoms with Crippen LogP contribution in [-0.2, 0) is 21.7 Å². The number of carbonyl (C=O) groups excluding carboxylic acids is 4. The van der Waals surface area contributed by atoms with Gasteiger partial charge in [0, 0.05) is 44.5 Å². The van der Waals surface area contributed by atoms with Crippen LogP contribution in [0.25, 0.3) is 0 Å². The van der Waals surface area contributed by atoms with Crippen LogP contribution in [0.2, 0.25) is 0 Å². The van der Waals surface area contributed by atoms with Crippen LogP contribution in [0.4, 0.5) is 0 Å². The molecule has 2 rings (SSSR count). The zero-order valence-electron chi connectivity index (χ0n) is 14.8. The van der Waals surface area contributed by atoms with Gasteiger partial charge in [0.15, 0.2) is 0 Å². The van der Waals surface area contributed by atoms with E-state index in [4.69, 9.17) is 9.59 Å². The molecule has 0 aliphatic heterocycles. The summed E-state index contributed by atoms with van der Waals surface area (Å²) in [5.74, 6) is 0.292. The van der Waals surface area contributed by atoms with E-state index in [1.165, 1.54) is 26.7 Å². The molecule has 0 fully saturated rings. The molecule has 4 nitrogen and oxygen atoms in total. The van der Waals surface area contributed by atoms with Gasteiger partial charge in [-0.25, -0.2) is 0 Å². The predicted octanol–water partition coefficient (Wildman–Crippen LogP) is 4.22. The zero-order valence-corrected chi connectivity index (χ0v) is 19.6. The minimum atomic E-state index is 0. The average Bonchev–Trinajstić information content (AvgIpc) is 2.55. The molecule has 2 aromatic carbocycles. The van der Waals surface area contributed by atoms with Crippen molar-refractivity contribution in [1.82, 2.24) is 0 Å². The largest absolute Gasteiger partial charge is 0.313 e. The van der Waals surface area contributed by atoms with Gasteiger partial charge < -0.3 is 9.59 Å². The molecule has 0 spiro atoms. The summed E-state index contributed by atoms with van der Waals surface area (Å²) >= 11 is 6.58. The van der Waals surface area contributed by atoms with Gasteiger partial charge in [0.05, 0.1) is 0 Å². The molecule has 0 amide bonds. The van der Waals surface area contributed by atoms with E-state index in [1.54, 1.807) is 24.3 Å². The molecule has 0 aliphatic rings. The van der Waals surface area contributed by atoms with Gasteiger partial charge >= 0.3 is 0 Å². The summed E-state index contributed by atoms with van der Waals surface area (Å²) in [6.45, 7) is 3.02. The molecule has 0 radical (unpaired) electrons. The van der Waals surface area contributed by atoms with Crippen LogP contribution in [0.3, 0.4) is 0 Å². The van der Waals surface area contributed by atoms with Gasteiger partial charge in [0.25, 0.3) is 0 Å². The third kappa shape index (κ3) is 10.4. The number of benzene rings is 2. The van der Waals surface area contributed by atoms with Crippen LogP contribution in [0, 0.1) is 12.8 Å². The van der Waals surface area contributed by atoms with Crippen LogP contribution in [0.15, 0.2) is 57.5 Å². The van der Waals surface area contributed by atoms with E-state index in [-0.39, 0.29) is 44.9 Å². The summed E-state index contributed by atoms with van der Waals surface area (Å²) in [4.78, 5) is 36.7. The quantitative estimate of drug-likeness (QED) is 0.176. The van der Waals surface area contributed by atoms with Crippen LogP contribution >= 0.6 is 31.9 Å². The molecule has 0 bridgehead atoms. The molecular formula is C20H20Br2O4Ti+2. The van der Waals surface area contributed by atoms with Crippen molar-refractivity contribution in [3.8, 4) is 0 Å². The summed E-state index contributed by atoms with van der Waals surface area (Å²) in [6, 6.07) is 14.4. The van der Waals surface area contributed by atoms with E-state index in [2.05, 4.69) is 31.9 Å². The smallest absolute Gasteiger partial charge is 0.247 e. The SMILES string of the molecule is CC(=[OH+])[CH-]C(=[OH+])c1ccc(Br)cc1.CC(=[OH+])[CH-]C(=[OH+])c1ccc(Br)cc1.[Ti]. The second-order valence-electron chi connectivity index (χ2n) is 5.36. The minimum Gasteiger partial charge on any atom is -0.313 e. The number of ketones is 4. The number of hydrogen-bond donors (Lipinski definition) is 0. The normalized spacial score (nSPS) is 9.04. The maximum absolute atomic E-state index is 9.45. The summed E-state index contributed by atoms with van der Waals surface area (Å²) in [7, 11) is 0. The monoisotopic (exact) mass is 530 g/mol. The average molecular weight is 532 g/mol. The van der Waals surface area contributed by atoms with Crippen LogP contribution < -0.4 is 0 Å². The Bertz CT molecular complexity index is 730. The van der Waals surface area contributed by atoms with Crippen molar-refractivity contribution in [3.05, 3.63) is 81.4 Å². The Labute approximate surface area is 190 Å². The first-order valence-electron chi connectivity index (χ1n) is 7.57.